The molecule has 38 heavy (non-hydrogen) atoms. The van der Waals surface area contributed by atoms with E-state index in [4.69, 9.17) is 5.73 Å². The van der Waals surface area contributed by atoms with Crippen molar-refractivity contribution < 1.29 is 13.6 Å². The van der Waals surface area contributed by atoms with Crippen LogP contribution in [0.25, 0.3) is 11.1 Å². The highest BCUT2D eigenvalue weighted by molar-refractivity contribution is 6.04. The number of carbonyl (C=O) groups excluding carboxylic acids is 1. The molecule has 0 radical (unpaired) electrons. The van der Waals surface area contributed by atoms with Crippen molar-refractivity contribution in [3.8, 4) is 17.2 Å². The molecule has 1 aromatic heterocycles. The van der Waals surface area contributed by atoms with Crippen LogP contribution in [0.3, 0.4) is 0 Å². The summed E-state index contributed by atoms with van der Waals surface area (Å²) in [7, 11) is 0. The van der Waals surface area contributed by atoms with E-state index in [1.807, 2.05) is 4.90 Å². The van der Waals surface area contributed by atoms with Gasteiger partial charge in [-0.2, -0.15) is 5.26 Å². The van der Waals surface area contributed by atoms with Crippen LogP contribution in [0, 0.1) is 34.8 Å². The number of carbonyl (C=O) groups is 1. The van der Waals surface area contributed by atoms with Gasteiger partial charge in [-0.05, 0) is 61.6 Å². The maximum absolute atomic E-state index is 14.3. The summed E-state index contributed by atoms with van der Waals surface area (Å²) in [4.78, 5) is 20.4. The zero-order valence-electron chi connectivity index (χ0n) is 21.9. The molecule has 1 saturated heterocycles. The Labute approximate surface area is 223 Å². The molecule has 0 spiro atoms. The zero-order valence-corrected chi connectivity index (χ0v) is 21.9. The monoisotopic (exact) mass is 521 g/mol. The van der Waals surface area contributed by atoms with Gasteiger partial charge in [0.2, 0.25) is 0 Å². The molecule has 3 aliphatic rings. The number of halogens is 2. The van der Waals surface area contributed by atoms with Crippen LogP contribution >= 0.6 is 0 Å². The molecule has 6 nitrogen and oxygen atoms in total. The number of nitrogens with zero attached hydrogens (tertiary/aromatic N) is 3. The van der Waals surface area contributed by atoms with Gasteiger partial charge in [-0.15, -0.1) is 0 Å². The van der Waals surface area contributed by atoms with Gasteiger partial charge in [0.15, 0.2) is 0 Å². The molecule has 3 fully saturated rings. The minimum atomic E-state index is -0.752. The van der Waals surface area contributed by atoms with Crippen LogP contribution in [0.1, 0.15) is 86.7 Å². The molecule has 3 N–H and O–H groups in total. The number of anilines is 1. The standard InChI is InChI=1S/C30H37F2N5O/c31-22-13-21(14-23(32)15-22)27-26(16-33)35-17-25(29(27)37-12-11-24(34)18-37)30(38)36-28(19-7-3-1-4-8-19)20-9-5-2-6-10-20/h13-15,17,19-20,24,28H,1-12,18,34H2,(H,36,38)/t24-/m0/s1. The Morgan fingerprint density at radius 3 is 2.13 bits per heavy atom. The summed E-state index contributed by atoms with van der Waals surface area (Å²) in [6.45, 7) is 1.06. The first-order valence-electron chi connectivity index (χ1n) is 14.2. The average molecular weight is 522 g/mol. The fraction of sp³-hybridized carbons (Fsp3) is 0.567. The number of aromatic nitrogens is 1. The van der Waals surface area contributed by atoms with Crippen molar-refractivity contribution in [3.63, 3.8) is 0 Å². The fourth-order valence-electron chi connectivity index (χ4n) is 6.88. The molecule has 2 aromatic rings. The van der Waals surface area contributed by atoms with Gasteiger partial charge in [-0.1, -0.05) is 38.5 Å². The number of nitrogens with one attached hydrogen (secondary N) is 1. The SMILES string of the molecule is N#Cc1ncc(C(=O)NC(C2CCCCC2)C2CCCCC2)c(N2CC[C@H](N)C2)c1-c1cc(F)cc(F)c1. The first-order chi connectivity index (χ1) is 18.4. The lowest BCUT2D eigenvalue weighted by atomic mass is 9.73. The molecule has 1 aliphatic heterocycles. The number of amides is 1. The number of nitriles is 1. The first kappa shape index (κ1) is 26.6. The largest absolute Gasteiger partial charge is 0.369 e. The number of nitrogens with two attached hydrogens (primary N) is 1. The van der Waals surface area contributed by atoms with Crippen LogP contribution < -0.4 is 16.0 Å². The minimum absolute atomic E-state index is 0.0260. The molecule has 1 amide bonds. The molecule has 202 valence electrons. The van der Waals surface area contributed by atoms with Crippen molar-refractivity contribution >= 4 is 11.6 Å². The van der Waals surface area contributed by atoms with Crippen LogP contribution in [0.5, 0.6) is 0 Å². The summed E-state index contributed by atoms with van der Waals surface area (Å²) in [5.41, 5.74) is 7.53. The van der Waals surface area contributed by atoms with E-state index in [1.54, 1.807) is 0 Å². The summed E-state index contributed by atoms with van der Waals surface area (Å²) in [5.74, 6) is -0.850. The highest BCUT2D eigenvalue weighted by atomic mass is 19.1. The molecule has 1 aromatic carbocycles. The Morgan fingerprint density at radius 1 is 1.00 bits per heavy atom. The van der Waals surface area contributed by atoms with Crippen molar-refractivity contribution in [1.82, 2.24) is 10.3 Å². The van der Waals surface area contributed by atoms with E-state index in [9.17, 15) is 18.8 Å². The van der Waals surface area contributed by atoms with Gasteiger partial charge in [0.25, 0.3) is 5.91 Å². The molecule has 1 atom stereocenters. The molecular formula is C30H37F2N5O. The highest BCUT2D eigenvalue weighted by Gasteiger charge is 2.35. The van der Waals surface area contributed by atoms with Crippen LogP contribution in [-0.2, 0) is 0 Å². The van der Waals surface area contributed by atoms with Crippen molar-refractivity contribution in [3.05, 3.63) is 47.3 Å². The van der Waals surface area contributed by atoms with Crippen molar-refractivity contribution in [2.24, 2.45) is 17.6 Å². The van der Waals surface area contributed by atoms with Gasteiger partial charge in [0.05, 0.1) is 11.3 Å². The third-order valence-electron chi connectivity index (χ3n) is 8.71. The predicted molar refractivity (Wildman–Crippen MR) is 144 cm³/mol. The smallest absolute Gasteiger partial charge is 0.255 e. The molecular weight excluding hydrogens is 484 g/mol. The Bertz CT molecular complexity index is 1160. The number of hydrogen-bond donors (Lipinski definition) is 2. The second kappa shape index (κ2) is 11.8. The van der Waals surface area contributed by atoms with Gasteiger partial charge in [-0.25, -0.2) is 13.8 Å². The molecule has 5 rings (SSSR count). The normalized spacial score (nSPS) is 21.0. The summed E-state index contributed by atoms with van der Waals surface area (Å²) in [6, 6.07) is 5.23. The maximum Gasteiger partial charge on any atom is 0.255 e. The average Bonchev–Trinajstić information content (AvgIpc) is 3.37. The lowest BCUT2D eigenvalue weighted by Gasteiger charge is -2.38. The van der Waals surface area contributed by atoms with Crippen LogP contribution in [-0.4, -0.2) is 36.1 Å². The van der Waals surface area contributed by atoms with E-state index >= 15 is 0 Å². The molecule has 0 bridgehead atoms. The topological polar surface area (TPSA) is 95.0 Å². The number of benzene rings is 1. The molecule has 0 unspecified atom stereocenters. The van der Waals surface area contributed by atoms with Gasteiger partial charge >= 0.3 is 0 Å². The van der Waals surface area contributed by atoms with Gasteiger partial charge in [-0.3, -0.25) is 4.79 Å². The van der Waals surface area contributed by atoms with E-state index in [-0.39, 0.29) is 34.8 Å². The van der Waals surface area contributed by atoms with Crippen LogP contribution in [0.2, 0.25) is 0 Å². The van der Waals surface area contributed by atoms with Crippen LogP contribution in [0.4, 0.5) is 14.5 Å². The molecule has 2 heterocycles. The van der Waals surface area contributed by atoms with Gasteiger partial charge in [0.1, 0.15) is 23.4 Å². The van der Waals surface area contributed by atoms with Gasteiger partial charge < -0.3 is 16.0 Å². The van der Waals surface area contributed by atoms with E-state index in [2.05, 4.69) is 16.4 Å². The maximum atomic E-state index is 14.3. The Morgan fingerprint density at radius 2 is 1.61 bits per heavy atom. The number of rotatable bonds is 6. The Kier molecular flexibility index (Phi) is 8.23. The first-order valence-corrected chi connectivity index (χ1v) is 14.2. The van der Waals surface area contributed by atoms with Crippen LogP contribution in [0.15, 0.2) is 24.4 Å². The molecule has 8 heteroatoms. The minimum Gasteiger partial charge on any atom is -0.369 e. The summed E-state index contributed by atoms with van der Waals surface area (Å²) in [5, 5.41) is 13.3. The third-order valence-corrected chi connectivity index (χ3v) is 8.71. The number of pyridine rings is 1. The van der Waals surface area contributed by atoms with E-state index in [0.717, 1.165) is 38.2 Å². The zero-order chi connectivity index (χ0) is 26.6. The van der Waals surface area contributed by atoms with Crippen molar-refractivity contribution in [2.75, 3.05) is 18.0 Å². The molecule has 2 saturated carbocycles. The quantitative estimate of drug-likeness (QED) is 0.509. The van der Waals surface area contributed by atoms with Gasteiger partial charge in [0, 0.05) is 43.0 Å². The van der Waals surface area contributed by atoms with Crippen molar-refractivity contribution in [2.45, 2.75) is 82.7 Å². The summed E-state index contributed by atoms with van der Waals surface area (Å²) < 4.78 is 28.6. The number of hydrogen-bond acceptors (Lipinski definition) is 5. The van der Waals surface area contributed by atoms with E-state index in [1.165, 1.54) is 56.9 Å². The Balaban J connectivity index is 1.58. The summed E-state index contributed by atoms with van der Waals surface area (Å²) >= 11 is 0. The van der Waals surface area contributed by atoms with E-state index < -0.39 is 11.6 Å². The summed E-state index contributed by atoms with van der Waals surface area (Å²) in [6.07, 6.45) is 13.9. The molecule has 2 aliphatic carbocycles. The predicted octanol–water partition coefficient (Wildman–Crippen LogP) is 5.69. The highest BCUT2D eigenvalue weighted by Crippen LogP contribution is 2.40. The second-order valence-electron chi connectivity index (χ2n) is 11.3. The lowest BCUT2D eigenvalue weighted by Crippen LogP contribution is -2.47. The van der Waals surface area contributed by atoms with E-state index in [0.29, 0.717) is 36.2 Å². The van der Waals surface area contributed by atoms with Crippen molar-refractivity contribution in [1.29, 1.82) is 5.26 Å². The fourth-order valence-corrected chi connectivity index (χ4v) is 6.88. The second-order valence-corrected chi connectivity index (χ2v) is 11.3. The third kappa shape index (κ3) is 5.68. The Hall–Kier alpha value is -3.05. The lowest BCUT2D eigenvalue weighted by molar-refractivity contribution is 0.0861.